The Morgan fingerprint density at radius 1 is 1.50 bits per heavy atom. The van der Waals surface area contributed by atoms with Crippen molar-refractivity contribution in [2.75, 3.05) is 13.1 Å². The molecular weight excluding hydrogens is 278 g/mol. The Hall–Kier alpha value is -1.80. The van der Waals surface area contributed by atoms with Gasteiger partial charge in [-0.3, -0.25) is 0 Å². The van der Waals surface area contributed by atoms with Gasteiger partial charge in [-0.05, 0) is 25.9 Å². The number of carbonyl (C=O) groups is 1. The highest BCUT2D eigenvalue weighted by Gasteiger charge is 2.27. The molecule has 20 heavy (non-hydrogen) atoms. The van der Waals surface area contributed by atoms with Crippen molar-refractivity contribution in [3.05, 3.63) is 28.0 Å². The van der Waals surface area contributed by atoms with Crippen LogP contribution < -0.4 is 5.32 Å². The molecule has 1 fully saturated rings. The van der Waals surface area contributed by atoms with Crippen LogP contribution >= 0.6 is 11.3 Å². The van der Waals surface area contributed by atoms with Crippen LogP contribution in [-0.4, -0.2) is 44.1 Å². The maximum Gasteiger partial charge on any atom is 0.358 e. The Morgan fingerprint density at radius 2 is 2.30 bits per heavy atom. The van der Waals surface area contributed by atoms with E-state index >= 15 is 0 Å². The molecule has 1 aliphatic heterocycles. The topological polar surface area (TPSA) is 92.9 Å². The van der Waals surface area contributed by atoms with Gasteiger partial charge in [0.2, 0.25) is 0 Å². The second-order valence-electron chi connectivity index (χ2n) is 4.79. The molecule has 0 unspecified atom stereocenters. The van der Waals surface area contributed by atoms with Gasteiger partial charge in [0.05, 0.1) is 23.4 Å². The van der Waals surface area contributed by atoms with Crippen LogP contribution in [0, 0.1) is 0 Å². The Morgan fingerprint density at radius 3 is 2.95 bits per heavy atom. The van der Waals surface area contributed by atoms with Gasteiger partial charge in [0.15, 0.2) is 5.69 Å². The molecule has 8 heteroatoms. The monoisotopic (exact) mass is 293 g/mol. The van der Waals surface area contributed by atoms with Gasteiger partial charge in [0.1, 0.15) is 0 Å². The third kappa shape index (κ3) is 2.56. The van der Waals surface area contributed by atoms with Crippen LogP contribution in [0.3, 0.4) is 0 Å². The number of hydrogen-bond donors (Lipinski definition) is 2. The quantitative estimate of drug-likeness (QED) is 0.871. The first kappa shape index (κ1) is 13.2. The summed E-state index contributed by atoms with van der Waals surface area (Å²) in [5, 5.41) is 22.4. The zero-order valence-corrected chi connectivity index (χ0v) is 11.6. The van der Waals surface area contributed by atoms with Crippen LogP contribution in [0.2, 0.25) is 0 Å². The average Bonchev–Trinajstić information content (AvgIpc) is 3.09. The Bertz CT molecular complexity index is 589. The highest BCUT2D eigenvalue weighted by molar-refractivity contribution is 7.07. The summed E-state index contributed by atoms with van der Waals surface area (Å²) >= 11 is 1.51. The number of rotatable bonds is 4. The van der Waals surface area contributed by atoms with Crippen molar-refractivity contribution in [2.45, 2.75) is 25.3 Å². The van der Waals surface area contributed by atoms with Crippen molar-refractivity contribution in [3.8, 4) is 0 Å². The molecule has 0 saturated carbocycles. The summed E-state index contributed by atoms with van der Waals surface area (Å²) in [5.74, 6) is -0.820. The highest BCUT2D eigenvalue weighted by Crippen LogP contribution is 2.27. The molecular formula is C12H15N5O2S. The lowest BCUT2D eigenvalue weighted by Crippen LogP contribution is -2.28. The maximum absolute atomic E-state index is 11.3. The number of thiazole rings is 1. The predicted octanol–water partition coefficient (Wildman–Crippen LogP) is 0.948. The molecule has 0 radical (unpaired) electrons. The number of carboxylic acid groups (broad SMARTS) is 1. The van der Waals surface area contributed by atoms with E-state index in [1.165, 1.54) is 11.3 Å². The van der Waals surface area contributed by atoms with E-state index in [1.54, 1.807) is 10.2 Å². The first-order chi connectivity index (χ1) is 9.75. The zero-order valence-electron chi connectivity index (χ0n) is 10.8. The molecule has 0 aromatic carbocycles. The average molecular weight is 293 g/mol. The predicted molar refractivity (Wildman–Crippen MR) is 73.0 cm³/mol. The minimum absolute atomic E-state index is 0.0760. The molecule has 106 valence electrons. The van der Waals surface area contributed by atoms with Crippen LogP contribution in [0.4, 0.5) is 0 Å². The number of piperidine rings is 1. The third-order valence-corrected chi connectivity index (χ3v) is 4.13. The van der Waals surface area contributed by atoms with Crippen LogP contribution in [0.5, 0.6) is 0 Å². The van der Waals surface area contributed by atoms with Crippen molar-refractivity contribution in [2.24, 2.45) is 0 Å². The van der Waals surface area contributed by atoms with Gasteiger partial charge in [-0.1, -0.05) is 5.21 Å². The van der Waals surface area contributed by atoms with E-state index < -0.39 is 5.97 Å². The van der Waals surface area contributed by atoms with E-state index in [2.05, 4.69) is 20.6 Å². The van der Waals surface area contributed by atoms with E-state index in [0.29, 0.717) is 6.54 Å². The zero-order chi connectivity index (χ0) is 13.9. The molecule has 2 N–H and O–H groups in total. The fourth-order valence-corrected chi connectivity index (χ4v) is 3.11. The summed E-state index contributed by atoms with van der Waals surface area (Å²) in [6.07, 6.45) is 1.81. The lowest BCUT2D eigenvalue weighted by molar-refractivity contribution is 0.0688. The molecule has 3 rings (SSSR count). The van der Waals surface area contributed by atoms with Crippen molar-refractivity contribution in [3.63, 3.8) is 0 Å². The largest absolute Gasteiger partial charge is 0.476 e. The van der Waals surface area contributed by atoms with Crippen LogP contribution in [0.25, 0.3) is 0 Å². The molecule has 0 spiro atoms. The number of nitrogens with zero attached hydrogens (tertiary/aromatic N) is 4. The summed E-state index contributed by atoms with van der Waals surface area (Å²) in [6.45, 7) is 2.26. The van der Waals surface area contributed by atoms with Gasteiger partial charge in [0.25, 0.3) is 0 Å². The molecule has 0 amide bonds. The number of carboxylic acids is 1. The van der Waals surface area contributed by atoms with Crippen molar-refractivity contribution < 1.29 is 9.90 Å². The first-order valence-corrected chi connectivity index (χ1v) is 7.44. The Balaban J connectivity index is 1.94. The molecule has 0 aliphatic carbocycles. The standard InChI is InChI=1S/C12H15N5O2S/c18-12(19)10-11(8-1-3-13-4-2-8)17(16-15-10)5-9-6-20-7-14-9/h6-8,13H,1-5H2,(H,18,19). The first-order valence-electron chi connectivity index (χ1n) is 6.50. The van der Waals surface area contributed by atoms with Gasteiger partial charge >= 0.3 is 5.97 Å². The summed E-state index contributed by atoms with van der Waals surface area (Å²) in [5.41, 5.74) is 3.44. The van der Waals surface area contributed by atoms with Crippen LogP contribution in [-0.2, 0) is 6.54 Å². The second kappa shape index (κ2) is 5.68. The van der Waals surface area contributed by atoms with Gasteiger partial charge in [0, 0.05) is 11.3 Å². The fraction of sp³-hybridized carbons (Fsp3) is 0.500. The van der Waals surface area contributed by atoms with Gasteiger partial charge < -0.3 is 10.4 Å². The maximum atomic E-state index is 11.3. The van der Waals surface area contributed by atoms with Crippen molar-refractivity contribution >= 4 is 17.3 Å². The minimum atomic E-state index is -1.01. The number of aromatic carboxylic acids is 1. The van der Waals surface area contributed by atoms with Crippen molar-refractivity contribution in [1.29, 1.82) is 0 Å². The van der Waals surface area contributed by atoms with E-state index in [-0.39, 0.29) is 11.6 Å². The molecule has 3 heterocycles. The molecule has 1 saturated heterocycles. The molecule has 7 nitrogen and oxygen atoms in total. The smallest absolute Gasteiger partial charge is 0.358 e. The molecule has 0 atom stereocenters. The molecule has 0 bridgehead atoms. The van der Waals surface area contributed by atoms with Crippen molar-refractivity contribution in [1.82, 2.24) is 25.3 Å². The van der Waals surface area contributed by atoms with E-state index in [1.807, 2.05) is 5.38 Å². The molecule has 2 aromatic heterocycles. The Labute approximate surface area is 119 Å². The van der Waals surface area contributed by atoms with Gasteiger partial charge in [-0.2, -0.15) is 0 Å². The minimum Gasteiger partial charge on any atom is -0.476 e. The van der Waals surface area contributed by atoms with Crippen LogP contribution in [0.1, 0.15) is 40.6 Å². The van der Waals surface area contributed by atoms with Gasteiger partial charge in [-0.25, -0.2) is 14.5 Å². The lowest BCUT2D eigenvalue weighted by Gasteiger charge is -2.23. The second-order valence-corrected chi connectivity index (χ2v) is 5.51. The number of nitrogens with one attached hydrogen (secondary N) is 1. The highest BCUT2D eigenvalue weighted by atomic mass is 32.1. The van der Waals surface area contributed by atoms with Gasteiger partial charge in [-0.15, -0.1) is 16.4 Å². The van der Waals surface area contributed by atoms with E-state index in [0.717, 1.165) is 37.3 Å². The van der Waals surface area contributed by atoms with Crippen LogP contribution in [0.15, 0.2) is 10.9 Å². The Kier molecular flexibility index (Phi) is 3.75. The number of aromatic nitrogens is 4. The lowest BCUT2D eigenvalue weighted by atomic mass is 9.93. The normalized spacial score (nSPS) is 16.4. The molecule has 2 aromatic rings. The molecule has 1 aliphatic rings. The number of hydrogen-bond acceptors (Lipinski definition) is 6. The third-order valence-electron chi connectivity index (χ3n) is 3.50. The summed E-state index contributed by atoms with van der Waals surface area (Å²) in [6, 6.07) is 0. The van der Waals surface area contributed by atoms with E-state index in [9.17, 15) is 9.90 Å². The summed E-state index contributed by atoms with van der Waals surface area (Å²) in [7, 11) is 0. The summed E-state index contributed by atoms with van der Waals surface area (Å²) in [4.78, 5) is 15.6. The fourth-order valence-electron chi connectivity index (χ4n) is 2.56. The van der Waals surface area contributed by atoms with E-state index in [4.69, 9.17) is 0 Å². The summed E-state index contributed by atoms with van der Waals surface area (Å²) < 4.78 is 1.69. The SMILES string of the molecule is O=C(O)c1nnn(Cc2cscn2)c1C1CCNCC1.